The molecule has 0 unspecified atom stereocenters. The van der Waals surface area contributed by atoms with Crippen LogP contribution >= 0.6 is 12.2 Å². The Hall–Kier alpha value is -4.15. The van der Waals surface area contributed by atoms with Crippen LogP contribution in [0.3, 0.4) is 0 Å². The number of carboxylic acids is 2. The number of aliphatic carboxylic acids is 2. The van der Waals surface area contributed by atoms with Crippen LogP contribution in [0, 0.1) is 0 Å². The fraction of sp³-hybridized carbons (Fsp3) is 0.222. The van der Waals surface area contributed by atoms with E-state index >= 15 is 0 Å². The number of rotatable bonds is 8. The Morgan fingerprint density at radius 1 is 1.00 bits per heavy atom. The second kappa shape index (κ2) is 13.2. The van der Waals surface area contributed by atoms with Crippen molar-refractivity contribution in [3.8, 4) is 5.75 Å². The zero-order chi connectivity index (χ0) is 26.8. The summed E-state index contributed by atoms with van der Waals surface area (Å²) in [6, 6.07) is 18.6. The van der Waals surface area contributed by atoms with Gasteiger partial charge in [-0.05, 0) is 41.8 Å². The van der Waals surface area contributed by atoms with Crippen LogP contribution in [0.25, 0.3) is 0 Å². The molecule has 192 valence electrons. The second-order valence-electron chi connectivity index (χ2n) is 8.33. The molecule has 0 saturated carbocycles. The molecule has 1 fully saturated rings. The molecule has 0 spiro atoms. The number of thiocarbonyl (C=S) groups is 1. The summed E-state index contributed by atoms with van der Waals surface area (Å²) < 4.78 is 5.65. The summed E-state index contributed by atoms with van der Waals surface area (Å²) in [4.78, 5) is 39.5. The number of carboxylic acid groups (broad SMARTS) is 2. The topological polar surface area (TPSA) is 143 Å². The van der Waals surface area contributed by atoms with E-state index in [1.165, 1.54) is 17.3 Å². The average Bonchev–Trinajstić information content (AvgIpc) is 3.31. The van der Waals surface area contributed by atoms with Crippen LogP contribution in [0.5, 0.6) is 5.75 Å². The SMILES string of the molecule is N[C@@H](Cc1ccc(OCc2ccccc2)cc1)C(=O)O.O=C(O)[C@@H]1CC(=S)CN1C(=O)c1ccncc1. The maximum absolute atomic E-state index is 12.1. The molecule has 1 saturated heterocycles. The highest BCUT2D eigenvalue weighted by Crippen LogP contribution is 2.19. The lowest BCUT2D eigenvalue weighted by Gasteiger charge is -2.20. The average molecular weight is 522 g/mol. The van der Waals surface area contributed by atoms with Gasteiger partial charge in [0, 0.05) is 29.2 Å². The summed E-state index contributed by atoms with van der Waals surface area (Å²) >= 11 is 4.99. The number of carbonyl (C=O) groups excluding carboxylic acids is 1. The molecule has 0 aliphatic carbocycles. The van der Waals surface area contributed by atoms with Crippen molar-refractivity contribution in [2.45, 2.75) is 31.5 Å². The number of carbonyl (C=O) groups is 3. The van der Waals surface area contributed by atoms with E-state index in [9.17, 15) is 14.4 Å². The van der Waals surface area contributed by atoms with E-state index in [0.717, 1.165) is 16.9 Å². The van der Waals surface area contributed by atoms with E-state index in [4.69, 9.17) is 32.9 Å². The highest BCUT2D eigenvalue weighted by Gasteiger charge is 2.37. The first-order valence-electron chi connectivity index (χ1n) is 11.4. The van der Waals surface area contributed by atoms with Crippen molar-refractivity contribution in [1.29, 1.82) is 0 Å². The van der Waals surface area contributed by atoms with E-state index in [0.29, 0.717) is 23.5 Å². The first-order chi connectivity index (χ1) is 17.7. The lowest BCUT2D eigenvalue weighted by Crippen LogP contribution is -2.40. The standard InChI is InChI=1S/C16H17NO3.C11H10N2O3S/c17-15(16(18)19)10-12-6-8-14(9-7-12)20-11-13-4-2-1-3-5-13;14-10(7-1-3-12-4-2-7)13-6-8(17)5-9(13)11(15)16/h1-9,15H,10-11,17H2,(H,18,19);1-4,9H,5-6H2,(H,15,16)/t15-;9-/m00/s1. The predicted molar refractivity (Wildman–Crippen MR) is 140 cm³/mol. The number of benzene rings is 2. The quantitative estimate of drug-likeness (QED) is 0.381. The Labute approximate surface area is 219 Å². The lowest BCUT2D eigenvalue weighted by atomic mass is 10.1. The van der Waals surface area contributed by atoms with E-state index in [1.807, 2.05) is 54.6 Å². The van der Waals surface area contributed by atoms with Crippen molar-refractivity contribution < 1.29 is 29.3 Å². The van der Waals surface area contributed by atoms with Gasteiger partial charge in [0.25, 0.3) is 5.91 Å². The lowest BCUT2D eigenvalue weighted by molar-refractivity contribution is -0.141. The van der Waals surface area contributed by atoms with Crippen LogP contribution < -0.4 is 10.5 Å². The minimum absolute atomic E-state index is 0.230. The highest BCUT2D eigenvalue weighted by atomic mass is 32.1. The van der Waals surface area contributed by atoms with Crippen molar-refractivity contribution >= 4 is 34.9 Å². The molecule has 3 aromatic rings. The summed E-state index contributed by atoms with van der Waals surface area (Å²) in [7, 11) is 0. The van der Waals surface area contributed by atoms with Gasteiger partial charge in [-0.3, -0.25) is 14.6 Å². The van der Waals surface area contributed by atoms with Crippen LogP contribution in [-0.4, -0.2) is 61.4 Å². The third kappa shape index (κ3) is 8.19. The fourth-order valence-corrected chi connectivity index (χ4v) is 3.89. The van der Waals surface area contributed by atoms with Crippen LogP contribution in [0.1, 0.15) is 27.9 Å². The van der Waals surface area contributed by atoms with Gasteiger partial charge in [-0.15, -0.1) is 0 Å². The molecule has 2 aromatic carbocycles. The maximum atomic E-state index is 12.1. The Morgan fingerprint density at radius 2 is 1.65 bits per heavy atom. The molecule has 4 rings (SSSR count). The molecule has 2 heterocycles. The van der Waals surface area contributed by atoms with Crippen LogP contribution in [0.2, 0.25) is 0 Å². The normalized spacial score (nSPS) is 15.3. The molecule has 2 atom stereocenters. The number of hydrogen-bond acceptors (Lipinski definition) is 7. The molecule has 0 bridgehead atoms. The van der Waals surface area contributed by atoms with Crippen molar-refractivity contribution in [2.75, 3.05) is 6.54 Å². The summed E-state index contributed by atoms with van der Waals surface area (Å²) in [5.41, 5.74) is 7.90. The molecule has 1 aromatic heterocycles. The number of nitrogens with two attached hydrogens (primary N) is 1. The molecule has 0 radical (unpaired) electrons. The van der Waals surface area contributed by atoms with Gasteiger partial charge in [0.2, 0.25) is 0 Å². The molecule has 1 aliphatic heterocycles. The van der Waals surface area contributed by atoms with Crippen LogP contribution in [0.15, 0.2) is 79.1 Å². The summed E-state index contributed by atoms with van der Waals surface area (Å²) in [5, 5.41) is 17.8. The smallest absolute Gasteiger partial charge is 0.326 e. The number of amides is 1. The monoisotopic (exact) mass is 521 g/mol. The summed E-state index contributed by atoms with van der Waals surface area (Å²) in [5.74, 6) is -1.58. The van der Waals surface area contributed by atoms with Crippen molar-refractivity contribution in [1.82, 2.24) is 9.88 Å². The number of pyridine rings is 1. The van der Waals surface area contributed by atoms with E-state index < -0.39 is 24.0 Å². The molecule has 4 N–H and O–H groups in total. The van der Waals surface area contributed by atoms with E-state index in [2.05, 4.69) is 4.98 Å². The molecular formula is C27H27N3O6S. The molecule has 1 amide bonds. The predicted octanol–water partition coefficient (Wildman–Crippen LogP) is 2.97. The van der Waals surface area contributed by atoms with Gasteiger partial charge in [-0.1, -0.05) is 54.7 Å². The molecule has 9 nitrogen and oxygen atoms in total. The van der Waals surface area contributed by atoms with E-state index in [1.54, 1.807) is 12.1 Å². The zero-order valence-electron chi connectivity index (χ0n) is 19.9. The highest BCUT2D eigenvalue weighted by molar-refractivity contribution is 7.80. The fourth-order valence-electron chi connectivity index (χ4n) is 3.59. The third-order valence-electron chi connectivity index (χ3n) is 5.56. The van der Waals surface area contributed by atoms with Gasteiger partial charge < -0.3 is 25.6 Å². The molecular weight excluding hydrogens is 494 g/mol. The molecule has 10 heteroatoms. The minimum Gasteiger partial charge on any atom is -0.489 e. The number of hydrogen-bond donors (Lipinski definition) is 3. The number of likely N-dealkylation sites (tertiary alicyclic amines) is 1. The van der Waals surface area contributed by atoms with Gasteiger partial charge in [-0.25, -0.2) is 4.79 Å². The Balaban J connectivity index is 0.000000208. The Kier molecular flexibility index (Phi) is 9.82. The Morgan fingerprint density at radius 3 is 2.24 bits per heavy atom. The number of nitrogens with zero attached hydrogens (tertiary/aromatic N) is 2. The largest absolute Gasteiger partial charge is 0.489 e. The minimum atomic E-state index is -1.02. The van der Waals surface area contributed by atoms with Gasteiger partial charge >= 0.3 is 11.9 Å². The van der Waals surface area contributed by atoms with Gasteiger partial charge in [0.05, 0.1) is 6.54 Å². The first kappa shape index (κ1) is 27.4. The third-order valence-corrected chi connectivity index (χ3v) is 5.86. The van der Waals surface area contributed by atoms with Crippen LogP contribution in [-0.2, 0) is 22.6 Å². The van der Waals surface area contributed by atoms with Crippen molar-refractivity contribution in [2.24, 2.45) is 5.73 Å². The first-order valence-corrected chi connectivity index (χ1v) is 11.8. The van der Waals surface area contributed by atoms with Crippen molar-refractivity contribution in [3.05, 3.63) is 95.8 Å². The summed E-state index contributed by atoms with van der Waals surface area (Å²) in [6.07, 6.45) is 3.56. The maximum Gasteiger partial charge on any atom is 0.326 e. The van der Waals surface area contributed by atoms with Crippen molar-refractivity contribution in [3.63, 3.8) is 0 Å². The van der Waals surface area contributed by atoms with Gasteiger partial charge in [0.15, 0.2) is 0 Å². The van der Waals surface area contributed by atoms with Gasteiger partial charge in [-0.2, -0.15) is 0 Å². The number of aromatic nitrogens is 1. The Bertz CT molecular complexity index is 1220. The van der Waals surface area contributed by atoms with Gasteiger partial charge in [0.1, 0.15) is 24.4 Å². The number of ether oxygens (including phenoxy) is 1. The molecule has 1 aliphatic rings. The summed E-state index contributed by atoms with van der Waals surface area (Å²) in [6.45, 7) is 0.738. The second-order valence-corrected chi connectivity index (χ2v) is 8.91. The van der Waals surface area contributed by atoms with E-state index in [-0.39, 0.29) is 18.9 Å². The van der Waals surface area contributed by atoms with Crippen LogP contribution in [0.4, 0.5) is 0 Å². The zero-order valence-corrected chi connectivity index (χ0v) is 20.7. The molecule has 37 heavy (non-hydrogen) atoms.